The van der Waals surface area contributed by atoms with Crippen molar-refractivity contribution < 1.29 is 23.8 Å². The van der Waals surface area contributed by atoms with Gasteiger partial charge >= 0.3 is 12.1 Å². The van der Waals surface area contributed by atoms with Crippen LogP contribution in [-0.2, 0) is 25.4 Å². The van der Waals surface area contributed by atoms with Gasteiger partial charge in [0.15, 0.2) is 0 Å². The van der Waals surface area contributed by atoms with Crippen molar-refractivity contribution in [3.8, 4) is 0 Å². The van der Waals surface area contributed by atoms with E-state index in [0.29, 0.717) is 6.42 Å². The molecular weight excluding hydrogens is 298 g/mol. The average molecular weight is 318 g/mol. The molecule has 2 N–H and O–H groups in total. The van der Waals surface area contributed by atoms with E-state index in [-0.39, 0.29) is 19.0 Å². The fourth-order valence-corrected chi connectivity index (χ4v) is 1.68. The first kappa shape index (κ1) is 19.2. The number of ether oxygens (including phenoxy) is 3. The second kappa shape index (κ2) is 10.0. The van der Waals surface area contributed by atoms with Gasteiger partial charge in [-0.1, -0.05) is 30.3 Å². The van der Waals surface area contributed by atoms with Crippen LogP contribution in [0.4, 0.5) is 4.79 Å². The molecule has 0 aromatic heterocycles. The van der Waals surface area contributed by atoms with Crippen molar-refractivity contribution in [2.45, 2.75) is 25.5 Å². The summed E-state index contributed by atoms with van der Waals surface area (Å²) in [5.41, 5.74) is 6.87. The van der Waals surface area contributed by atoms with E-state index >= 15 is 0 Å². The van der Waals surface area contributed by atoms with Gasteiger partial charge < -0.3 is 19.9 Å². The maximum atomic E-state index is 11.6. The number of carbonyl (C=O) groups excluding carboxylic acids is 2. The predicted octanol–water partition coefficient (Wildman–Crippen LogP) is 1.69. The van der Waals surface area contributed by atoms with E-state index in [1.54, 1.807) is 6.92 Å². The first-order valence-corrected chi connectivity index (χ1v) is 6.29. The van der Waals surface area contributed by atoms with E-state index in [1.807, 2.05) is 30.3 Å². The summed E-state index contributed by atoms with van der Waals surface area (Å²) in [5, 5.41) is 0. The third-order valence-electron chi connectivity index (χ3n) is 2.62. The van der Waals surface area contributed by atoms with Crippen molar-refractivity contribution in [1.29, 1.82) is 0 Å². The van der Waals surface area contributed by atoms with Crippen molar-refractivity contribution in [2.24, 2.45) is 5.73 Å². The second-order valence-electron chi connectivity index (χ2n) is 4.10. The van der Waals surface area contributed by atoms with Crippen molar-refractivity contribution >= 4 is 24.5 Å². The lowest BCUT2D eigenvalue weighted by atomic mass is 10.0. The van der Waals surface area contributed by atoms with Crippen LogP contribution < -0.4 is 5.73 Å². The predicted molar refractivity (Wildman–Crippen MR) is 79.3 cm³/mol. The number of rotatable bonds is 6. The Balaban J connectivity index is 0.00000400. The summed E-state index contributed by atoms with van der Waals surface area (Å²) in [6, 6.07) is 8.64. The standard InChI is InChI=1S/C14H19NO5.ClH/c1-3-19-14(17)20-12(13(16)18-2)11(15)9-10-7-5-4-6-8-10;/h4-8,11-12H,3,9,15H2,1-2H3;1H/t11-,12+;/m0./s1. The molecule has 1 rings (SSSR count). The quantitative estimate of drug-likeness (QED) is 0.803. The average Bonchev–Trinajstić information content (AvgIpc) is 2.45. The van der Waals surface area contributed by atoms with Crippen LogP contribution in [0.25, 0.3) is 0 Å². The van der Waals surface area contributed by atoms with Crippen molar-refractivity contribution in [3.63, 3.8) is 0 Å². The SMILES string of the molecule is CCOC(=O)O[C@@H](C(=O)OC)[C@@H](N)Cc1ccccc1.Cl. The van der Waals surface area contributed by atoms with Gasteiger partial charge in [0.2, 0.25) is 6.10 Å². The summed E-state index contributed by atoms with van der Waals surface area (Å²) in [5.74, 6) is -0.707. The van der Waals surface area contributed by atoms with Gasteiger partial charge in [0.05, 0.1) is 19.8 Å². The molecule has 0 aliphatic rings. The maximum Gasteiger partial charge on any atom is 0.509 e. The second-order valence-corrected chi connectivity index (χ2v) is 4.10. The first-order chi connectivity index (χ1) is 9.58. The fourth-order valence-electron chi connectivity index (χ4n) is 1.68. The molecule has 0 radical (unpaired) electrons. The van der Waals surface area contributed by atoms with Gasteiger partial charge in [-0.05, 0) is 18.9 Å². The highest BCUT2D eigenvalue weighted by Crippen LogP contribution is 2.09. The number of benzene rings is 1. The molecule has 1 aromatic rings. The van der Waals surface area contributed by atoms with Crippen LogP contribution in [0.1, 0.15) is 12.5 Å². The molecule has 6 nitrogen and oxygen atoms in total. The van der Waals surface area contributed by atoms with Gasteiger partial charge in [-0.25, -0.2) is 9.59 Å². The fraction of sp³-hybridized carbons (Fsp3) is 0.429. The van der Waals surface area contributed by atoms with Crippen LogP contribution in [0.2, 0.25) is 0 Å². The van der Waals surface area contributed by atoms with Crippen LogP contribution in [0.5, 0.6) is 0 Å². The van der Waals surface area contributed by atoms with Gasteiger partial charge in [-0.15, -0.1) is 12.4 Å². The number of methoxy groups -OCH3 is 1. The normalized spacial score (nSPS) is 12.5. The summed E-state index contributed by atoms with van der Waals surface area (Å²) in [6.45, 7) is 1.79. The van der Waals surface area contributed by atoms with Crippen LogP contribution in [-0.4, -0.2) is 38.0 Å². The van der Waals surface area contributed by atoms with Gasteiger partial charge in [0.25, 0.3) is 0 Å². The zero-order valence-electron chi connectivity index (χ0n) is 12.0. The summed E-state index contributed by atoms with van der Waals surface area (Å²) < 4.78 is 14.2. The Morgan fingerprint density at radius 2 is 1.86 bits per heavy atom. The molecule has 0 fully saturated rings. The number of nitrogens with two attached hydrogens (primary N) is 1. The Hall–Kier alpha value is -1.79. The van der Waals surface area contributed by atoms with E-state index in [2.05, 4.69) is 9.47 Å². The molecule has 0 aliphatic carbocycles. The van der Waals surface area contributed by atoms with E-state index in [0.717, 1.165) is 5.56 Å². The van der Waals surface area contributed by atoms with Gasteiger partial charge in [0.1, 0.15) is 0 Å². The Bertz CT molecular complexity index is 440. The third-order valence-corrected chi connectivity index (χ3v) is 2.62. The minimum atomic E-state index is -1.20. The Kier molecular flexibility index (Phi) is 9.16. The summed E-state index contributed by atoms with van der Waals surface area (Å²) in [7, 11) is 1.21. The lowest BCUT2D eigenvalue weighted by Crippen LogP contribution is -2.45. The molecule has 21 heavy (non-hydrogen) atoms. The maximum absolute atomic E-state index is 11.6. The molecule has 0 saturated carbocycles. The molecule has 0 heterocycles. The highest BCUT2D eigenvalue weighted by Gasteiger charge is 2.31. The zero-order valence-corrected chi connectivity index (χ0v) is 12.8. The minimum absolute atomic E-state index is 0. The molecule has 7 heteroatoms. The van der Waals surface area contributed by atoms with E-state index in [9.17, 15) is 9.59 Å². The number of carbonyl (C=O) groups is 2. The lowest BCUT2D eigenvalue weighted by Gasteiger charge is -2.21. The molecular formula is C14H20ClNO5. The molecule has 0 aliphatic heterocycles. The molecule has 0 saturated heterocycles. The van der Waals surface area contributed by atoms with Crippen molar-refractivity contribution in [1.82, 2.24) is 0 Å². The van der Waals surface area contributed by atoms with Gasteiger partial charge in [-0.3, -0.25) is 0 Å². The van der Waals surface area contributed by atoms with E-state index in [4.69, 9.17) is 10.5 Å². The number of hydrogen-bond donors (Lipinski definition) is 1. The van der Waals surface area contributed by atoms with Crippen LogP contribution in [0.15, 0.2) is 30.3 Å². The largest absolute Gasteiger partial charge is 0.509 e. The topological polar surface area (TPSA) is 87.8 Å². The number of esters is 1. The Morgan fingerprint density at radius 3 is 2.38 bits per heavy atom. The molecule has 0 bridgehead atoms. The van der Waals surface area contributed by atoms with Gasteiger partial charge in [0, 0.05) is 0 Å². The van der Waals surface area contributed by atoms with Gasteiger partial charge in [-0.2, -0.15) is 0 Å². The lowest BCUT2D eigenvalue weighted by molar-refractivity contribution is -0.153. The number of hydrogen-bond acceptors (Lipinski definition) is 6. The molecule has 1 aromatic carbocycles. The summed E-state index contributed by atoms with van der Waals surface area (Å²) >= 11 is 0. The van der Waals surface area contributed by atoms with Crippen molar-refractivity contribution in [3.05, 3.63) is 35.9 Å². The molecule has 2 atom stereocenters. The minimum Gasteiger partial charge on any atom is -0.466 e. The number of halogens is 1. The third kappa shape index (κ3) is 6.46. The highest BCUT2D eigenvalue weighted by atomic mass is 35.5. The monoisotopic (exact) mass is 317 g/mol. The summed E-state index contributed by atoms with van der Waals surface area (Å²) in [4.78, 5) is 23.0. The highest BCUT2D eigenvalue weighted by molar-refractivity contribution is 5.85. The zero-order chi connectivity index (χ0) is 15.0. The molecule has 0 spiro atoms. The Morgan fingerprint density at radius 1 is 1.24 bits per heavy atom. The van der Waals surface area contributed by atoms with Crippen LogP contribution in [0, 0.1) is 0 Å². The molecule has 0 unspecified atom stereocenters. The smallest absolute Gasteiger partial charge is 0.466 e. The van der Waals surface area contributed by atoms with E-state index < -0.39 is 24.3 Å². The van der Waals surface area contributed by atoms with Crippen LogP contribution >= 0.6 is 12.4 Å². The molecule has 0 amide bonds. The first-order valence-electron chi connectivity index (χ1n) is 6.29. The summed E-state index contributed by atoms with van der Waals surface area (Å²) in [6.07, 6.45) is -1.76. The Labute approximate surface area is 130 Å². The van der Waals surface area contributed by atoms with Crippen molar-refractivity contribution in [2.75, 3.05) is 13.7 Å². The molecule has 118 valence electrons. The van der Waals surface area contributed by atoms with E-state index in [1.165, 1.54) is 7.11 Å². The van der Waals surface area contributed by atoms with Crippen LogP contribution in [0.3, 0.4) is 0 Å².